The monoisotopic (exact) mass is 470 g/mol. The molecule has 3 aromatic rings. The fraction of sp³-hybridized carbons (Fsp3) is 0.320. The Morgan fingerprint density at radius 2 is 1.84 bits per heavy atom. The molecule has 0 spiro atoms. The molecular formula is C25H27ClN2O3S. The third-order valence-electron chi connectivity index (χ3n) is 5.87. The first-order valence-corrected chi connectivity index (χ1v) is 12.8. The first-order chi connectivity index (χ1) is 15.4. The number of pyridine rings is 1. The van der Waals surface area contributed by atoms with Gasteiger partial charge in [0.1, 0.15) is 11.1 Å². The zero-order chi connectivity index (χ0) is 22.7. The highest BCUT2D eigenvalue weighted by Gasteiger charge is 2.28. The van der Waals surface area contributed by atoms with Gasteiger partial charge < -0.3 is 9.64 Å². The van der Waals surface area contributed by atoms with E-state index < -0.39 is 9.84 Å². The number of aryl methyl sites for hydroxylation is 2. The second-order valence-corrected chi connectivity index (χ2v) is 10.2. The Balaban J connectivity index is 1.57. The molecule has 4 rings (SSSR count). The Kier molecular flexibility index (Phi) is 6.72. The first-order valence-electron chi connectivity index (χ1n) is 10.9. The van der Waals surface area contributed by atoms with Crippen LogP contribution in [0, 0.1) is 0 Å². The van der Waals surface area contributed by atoms with Crippen molar-refractivity contribution >= 4 is 27.1 Å². The molecule has 0 aliphatic carbocycles. The van der Waals surface area contributed by atoms with Crippen molar-refractivity contribution in [2.75, 3.05) is 18.0 Å². The van der Waals surface area contributed by atoms with Crippen LogP contribution in [0.3, 0.4) is 0 Å². The normalized spacial score (nSPS) is 16.3. The number of benzene rings is 2. The van der Waals surface area contributed by atoms with Crippen molar-refractivity contribution in [3.8, 4) is 5.88 Å². The molecule has 0 N–H and O–H groups in total. The molecule has 1 fully saturated rings. The largest absolute Gasteiger partial charge is 0.471 e. The number of aromatic nitrogens is 1. The molecule has 7 heteroatoms. The van der Waals surface area contributed by atoms with Crippen LogP contribution in [0.15, 0.2) is 70.6 Å². The van der Waals surface area contributed by atoms with Crippen LogP contribution in [-0.2, 0) is 22.7 Å². The fourth-order valence-electron chi connectivity index (χ4n) is 4.16. The number of anilines is 1. The summed E-state index contributed by atoms with van der Waals surface area (Å²) in [7, 11) is -3.58. The highest BCUT2D eigenvalue weighted by Crippen LogP contribution is 2.32. The molecule has 1 aliphatic rings. The smallest absolute Gasteiger partial charge is 0.232 e. The highest BCUT2D eigenvalue weighted by molar-refractivity contribution is 7.91. The van der Waals surface area contributed by atoms with Gasteiger partial charge in [0.25, 0.3) is 0 Å². The second kappa shape index (κ2) is 9.51. The van der Waals surface area contributed by atoms with Crippen LogP contribution >= 0.6 is 11.6 Å². The molecule has 2 aromatic carbocycles. The van der Waals surface area contributed by atoms with Crippen molar-refractivity contribution in [3.63, 3.8) is 0 Å². The molecule has 0 saturated carbocycles. The van der Waals surface area contributed by atoms with E-state index in [1.165, 1.54) is 0 Å². The summed E-state index contributed by atoms with van der Waals surface area (Å²) in [6, 6.07) is 16.2. The van der Waals surface area contributed by atoms with Crippen LogP contribution in [0.5, 0.6) is 5.88 Å². The molecule has 1 aromatic heterocycles. The van der Waals surface area contributed by atoms with Gasteiger partial charge in [-0.15, -0.1) is 0 Å². The van der Waals surface area contributed by atoms with Gasteiger partial charge in [0.2, 0.25) is 15.7 Å². The predicted molar refractivity (Wildman–Crippen MR) is 128 cm³/mol. The van der Waals surface area contributed by atoms with Gasteiger partial charge in [0, 0.05) is 24.8 Å². The molecule has 0 radical (unpaired) electrons. The maximum atomic E-state index is 13.3. The number of nitrogens with zero attached hydrogens (tertiary/aromatic N) is 2. The minimum absolute atomic E-state index is 0.0213. The minimum atomic E-state index is -3.58. The van der Waals surface area contributed by atoms with Gasteiger partial charge in [-0.1, -0.05) is 43.6 Å². The lowest BCUT2D eigenvalue weighted by atomic mass is 10.1. The van der Waals surface area contributed by atoms with Gasteiger partial charge in [-0.2, -0.15) is 0 Å². The van der Waals surface area contributed by atoms with Crippen molar-refractivity contribution < 1.29 is 13.2 Å². The third kappa shape index (κ3) is 4.48. The average molecular weight is 471 g/mol. The zero-order valence-corrected chi connectivity index (χ0v) is 19.9. The van der Waals surface area contributed by atoms with E-state index in [1.807, 2.05) is 38.1 Å². The Morgan fingerprint density at radius 1 is 1.06 bits per heavy atom. The Morgan fingerprint density at radius 3 is 2.59 bits per heavy atom. The van der Waals surface area contributed by atoms with Crippen molar-refractivity contribution in [3.05, 3.63) is 76.9 Å². The molecule has 1 saturated heterocycles. The van der Waals surface area contributed by atoms with Crippen LogP contribution in [0.1, 0.15) is 31.4 Å². The van der Waals surface area contributed by atoms with E-state index in [4.69, 9.17) is 16.3 Å². The van der Waals surface area contributed by atoms with Crippen molar-refractivity contribution in [1.29, 1.82) is 0 Å². The Hall–Kier alpha value is -2.57. The maximum absolute atomic E-state index is 13.3. The van der Waals surface area contributed by atoms with Crippen LogP contribution in [0.25, 0.3) is 0 Å². The SMILES string of the molecule is CCc1cc(S(=O)(=O)c2ccccc2CC)ccc1N1CCC(Oc2ncccc2Cl)C1. The van der Waals surface area contributed by atoms with Crippen LogP contribution in [0.2, 0.25) is 5.02 Å². The van der Waals surface area contributed by atoms with E-state index in [0.717, 1.165) is 36.2 Å². The highest BCUT2D eigenvalue weighted by atomic mass is 35.5. The van der Waals surface area contributed by atoms with E-state index in [2.05, 4.69) is 9.88 Å². The quantitative estimate of drug-likeness (QED) is 0.465. The van der Waals surface area contributed by atoms with Crippen LogP contribution in [-0.4, -0.2) is 32.6 Å². The fourth-order valence-corrected chi connectivity index (χ4v) is 5.94. The Labute approximate surface area is 194 Å². The number of hydrogen-bond acceptors (Lipinski definition) is 5. The third-order valence-corrected chi connectivity index (χ3v) is 8.01. The second-order valence-electron chi connectivity index (χ2n) is 7.87. The van der Waals surface area contributed by atoms with E-state index in [9.17, 15) is 8.42 Å². The maximum Gasteiger partial charge on any atom is 0.232 e. The lowest BCUT2D eigenvalue weighted by Crippen LogP contribution is -2.25. The van der Waals surface area contributed by atoms with E-state index in [1.54, 1.807) is 36.5 Å². The van der Waals surface area contributed by atoms with Crippen molar-refractivity contribution in [2.45, 2.75) is 49.0 Å². The van der Waals surface area contributed by atoms with Gasteiger partial charge in [0.15, 0.2) is 0 Å². The summed E-state index contributed by atoms with van der Waals surface area (Å²) in [6.45, 7) is 5.55. The number of halogens is 1. The molecule has 0 amide bonds. The van der Waals surface area contributed by atoms with E-state index in [0.29, 0.717) is 33.7 Å². The summed E-state index contributed by atoms with van der Waals surface area (Å²) >= 11 is 6.18. The van der Waals surface area contributed by atoms with Crippen molar-refractivity contribution in [2.24, 2.45) is 0 Å². The summed E-state index contributed by atoms with van der Waals surface area (Å²) in [4.78, 5) is 7.19. The molecule has 168 valence electrons. The number of rotatable bonds is 7. The molecule has 1 unspecified atom stereocenters. The lowest BCUT2D eigenvalue weighted by molar-refractivity contribution is 0.216. The van der Waals surface area contributed by atoms with Gasteiger partial charge in [-0.05, 0) is 60.4 Å². The van der Waals surface area contributed by atoms with Gasteiger partial charge in [-0.3, -0.25) is 0 Å². The minimum Gasteiger partial charge on any atom is -0.471 e. The standard InChI is InChI=1S/C25H27ClN2O3S/c1-3-18-8-5-6-10-24(18)32(29,30)21-11-12-23(19(4-2)16-21)28-15-13-20(17-28)31-25-22(26)9-7-14-27-25/h5-12,14,16,20H,3-4,13,15,17H2,1-2H3. The topological polar surface area (TPSA) is 59.5 Å². The summed E-state index contributed by atoms with van der Waals surface area (Å²) in [6.07, 6.45) is 3.90. The van der Waals surface area contributed by atoms with Gasteiger partial charge in [-0.25, -0.2) is 13.4 Å². The zero-order valence-electron chi connectivity index (χ0n) is 18.3. The Bertz CT molecular complexity index is 1210. The molecule has 5 nitrogen and oxygen atoms in total. The first kappa shape index (κ1) is 22.6. The van der Waals surface area contributed by atoms with Gasteiger partial charge >= 0.3 is 0 Å². The molecule has 0 bridgehead atoms. The summed E-state index contributed by atoms with van der Waals surface area (Å²) in [5.41, 5.74) is 2.90. The molecule has 1 atom stereocenters. The molecular weight excluding hydrogens is 444 g/mol. The van der Waals surface area contributed by atoms with Crippen molar-refractivity contribution in [1.82, 2.24) is 4.98 Å². The lowest BCUT2D eigenvalue weighted by Gasteiger charge is -2.23. The summed E-state index contributed by atoms with van der Waals surface area (Å²) in [5.74, 6) is 0.452. The molecule has 1 aliphatic heterocycles. The van der Waals surface area contributed by atoms with Gasteiger partial charge in [0.05, 0.1) is 16.3 Å². The number of sulfone groups is 1. The predicted octanol–water partition coefficient (Wildman–Crippen LogP) is 5.35. The molecule has 32 heavy (non-hydrogen) atoms. The van der Waals surface area contributed by atoms with Crippen LogP contribution < -0.4 is 9.64 Å². The molecule has 2 heterocycles. The average Bonchev–Trinajstić information content (AvgIpc) is 3.28. The summed E-state index contributed by atoms with van der Waals surface area (Å²) in [5, 5.41) is 0.502. The number of hydrogen-bond donors (Lipinski definition) is 0. The van der Waals surface area contributed by atoms with E-state index in [-0.39, 0.29) is 6.10 Å². The summed E-state index contributed by atoms with van der Waals surface area (Å²) < 4.78 is 32.7. The van der Waals surface area contributed by atoms with E-state index >= 15 is 0 Å². The number of ether oxygens (including phenoxy) is 1. The van der Waals surface area contributed by atoms with Crippen LogP contribution in [0.4, 0.5) is 5.69 Å².